The van der Waals surface area contributed by atoms with Gasteiger partial charge in [-0.1, -0.05) is 57.2 Å². The standard InChI is InChI=1S/C24H28N4O4/c1-24(2,3)20(26-23(31)32)22(30)28-14-17-11-18(28)13-27(17)21(29)19-10-9-16(12-25-19)15-7-5-4-6-8-15/h4-10,12,17-18,20,26H,11,13-14H2,1-3H3,(H,31,32)/t17-,18-,20+/m0/s1. The maximum absolute atomic E-state index is 13.1. The van der Waals surface area contributed by atoms with Crippen molar-refractivity contribution < 1.29 is 19.5 Å². The first-order valence-corrected chi connectivity index (χ1v) is 10.8. The van der Waals surface area contributed by atoms with Crippen molar-refractivity contribution in [2.45, 2.75) is 45.3 Å². The van der Waals surface area contributed by atoms with Gasteiger partial charge in [0.25, 0.3) is 5.91 Å². The molecule has 0 saturated carbocycles. The Balaban J connectivity index is 1.43. The van der Waals surface area contributed by atoms with E-state index in [4.69, 9.17) is 5.11 Å². The molecule has 0 spiro atoms. The number of piperazine rings is 1. The van der Waals surface area contributed by atoms with Crippen LogP contribution in [-0.2, 0) is 4.79 Å². The molecular formula is C24H28N4O4. The third-order valence-electron chi connectivity index (χ3n) is 6.26. The van der Waals surface area contributed by atoms with Crippen LogP contribution in [0.1, 0.15) is 37.7 Å². The number of carboxylic acid groups (broad SMARTS) is 1. The van der Waals surface area contributed by atoms with E-state index >= 15 is 0 Å². The Kier molecular flexibility index (Phi) is 5.62. The van der Waals surface area contributed by atoms with E-state index in [1.54, 1.807) is 22.1 Å². The molecule has 2 saturated heterocycles. The topological polar surface area (TPSA) is 103 Å². The van der Waals surface area contributed by atoms with Crippen molar-refractivity contribution >= 4 is 17.9 Å². The molecule has 1 aromatic heterocycles. The number of benzene rings is 1. The number of rotatable bonds is 4. The summed E-state index contributed by atoms with van der Waals surface area (Å²) in [6.07, 6.45) is 1.19. The molecule has 2 N–H and O–H groups in total. The fourth-order valence-corrected chi connectivity index (χ4v) is 4.59. The molecule has 4 rings (SSSR count). The summed E-state index contributed by atoms with van der Waals surface area (Å²) in [5.74, 6) is -0.370. The molecule has 2 bridgehead atoms. The van der Waals surface area contributed by atoms with E-state index in [0.717, 1.165) is 11.1 Å². The molecule has 2 aromatic rings. The fraction of sp³-hybridized carbons (Fsp3) is 0.417. The van der Waals surface area contributed by atoms with Gasteiger partial charge in [-0.3, -0.25) is 14.6 Å². The summed E-state index contributed by atoms with van der Waals surface area (Å²) < 4.78 is 0. The van der Waals surface area contributed by atoms with Gasteiger partial charge >= 0.3 is 6.09 Å². The number of hydrogen-bond acceptors (Lipinski definition) is 4. The van der Waals surface area contributed by atoms with Crippen molar-refractivity contribution in [3.63, 3.8) is 0 Å². The summed E-state index contributed by atoms with van der Waals surface area (Å²) in [4.78, 5) is 45.3. The van der Waals surface area contributed by atoms with Crippen LogP contribution in [0.4, 0.5) is 4.79 Å². The summed E-state index contributed by atoms with van der Waals surface area (Å²) in [6, 6.07) is 12.5. The molecule has 0 aliphatic carbocycles. The molecular weight excluding hydrogens is 408 g/mol. The van der Waals surface area contributed by atoms with Crippen LogP contribution >= 0.6 is 0 Å². The minimum atomic E-state index is -1.22. The average Bonchev–Trinajstić information content (AvgIpc) is 3.37. The van der Waals surface area contributed by atoms with Gasteiger partial charge in [0.2, 0.25) is 5.91 Å². The van der Waals surface area contributed by atoms with E-state index in [1.807, 2.05) is 57.2 Å². The minimum absolute atomic E-state index is 0.0857. The van der Waals surface area contributed by atoms with E-state index in [9.17, 15) is 14.4 Å². The molecule has 3 heterocycles. The lowest BCUT2D eigenvalue weighted by Crippen LogP contribution is -2.59. The molecule has 2 fully saturated rings. The monoisotopic (exact) mass is 436 g/mol. The van der Waals surface area contributed by atoms with Gasteiger partial charge in [-0.25, -0.2) is 4.79 Å². The minimum Gasteiger partial charge on any atom is -0.465 e. The SMILES string of the molecule is CC(C)(C)[C@H](NC(=O)O)C(=O)N1C[C@@H]2C[C@H]1CN2C(=O)c1ccc(-c2ccccc2)cn1. The third kappa shape index (κ3) is 4.17. The van der Waals surface area contributed by atoms with Gasteiger partial charge in [-0.05, 0) is 23.5 Å². The molecule has 0 radical (unpaired) electrons. The molecule has 2 aliphatic rings. The van der Waals surface area contributed by atoms with E-state index in [2.05, 4.69) is 10.3 Å². The van der Waals surface area contributed by atoms with Crippen LogP contribution in [0.2, 0.25) is 0 Å². The van der Waals surface area contributed by atoms with Gasteiger partial charge in [0.15, 0.2) is 0 Å². The molecule has 8 heteroatoms. The zero-order valence-corrected chi connectivity index (χ0v) is 18.5. The largest absolute Gasteiger partial charge is 0.465 e. The predicted molar refractivity (Wildman–Crippen MR) is 119 cm³/mol. The van der Waals surface area contributed by atoms with Crippen molar-refractivity contribution in [1.29, 1.82) is 0 Å². The predicted octanol–water partition coefficient (Wildman–Crippen LogP) is 2.86. The molecule has 168 valence electrons. The Morgan fingerprint density at radius 2 is 1.66 bits per heavy atom. The number of hydrogen-bond donors (Lipinski definition) is 2. The van der Waals surface area contributed by atoms with E-state index in [1.165, 1.54) is 0 Å². The smallest absolute Gasteiger partial charge is 0.405 e. The lowest BCUT2D eigenvalue weighted by atomic mass is 9.85. The lowest BCUT2D eigenvalue weighted by Gasteiger charge is -2.38. The van der Waals surface area contributed by atoms with Gasteiger partial charge < -0.3 is 20.2 Å². The van der Waals surface area contributed by atoms with Gasteiger partial charge in [0.1, 0.15) is 11.7 Å². The van der Waals surface area contributed by atoms with Crippen LogP contribution in [0.25, 0.3) is 11.1 Å². The van der Waals surface area contributed by atoms with Gasteiger partial charge in [-0.15, -0.1) is 0 Å². The Hall–Kier alpha value is -3.42. The highest BCUT2D eigenvalue weighted by Gasteiger charge is 2.50. The van der Waals surface area contributed by atoms with Crippen LogP contribution in [0, 0.1) is 5.41 Å². The number of carbonyl (C=O) groups is 3. The first kappa shape index (κ1) is 21.8. The normalized spacial score (nSPS) is 20.8. The molecule has 3 atom stereocenters. The van der Waals surface area contributed by atoms with Crippen molar-refractivity contribution in [2.24, 2.45) is 5.41 Å². The number of aromatic nitrogens is 1. The number of pyridine rings is 1. The zero-order chi connectivity index (χ0) is 23.0. The highest BCUT2D eigenvalue weighted by Crippen LogP contribution is 2.34. The molecule has 32 heavy (non-hydrogen) atoms. The average molecular weight is 437 g/mol. The summed E-state index contributed by atoms with van der Waals surface area (Å²) in [7, 11) is 0. The maximum Gasteiger partial charge on any atom is 0.405 e. The summed E-state index contributed by atoms with van der Waals surface area (Å²) in [6.45, 7) is 6.34. The Morgan fingerprint density at radius 1 is 1.00 bits per heavy atom. The number of likely N-dealkylation sites (tertiary alicyclic amines) is 2. The van der Waals surface area contributed by atoms with Crippen LogP contribution in [-0.4, -0.2) is 69.0 Å². The number of nitrogens with one attached hydrogen (secondary N) is 1. The van der Waals surface area contributed by atoms with Gasteiger partial charge in [0.05, 0.1) is 12.1 Å². The molecule has 2 aliphatic heterocycles. The summed E-state index contributed by atoms with van der Waals surface area (Å²) in [5.41, 5.74) is 1.81. The molecule has 0 unspecified atom stereocenters. The van der Waals surface area contributed by atoms with E-state index < -0.39 is 17.6 Å². The molecule has 8 nitrogen and oxygen atoms in total. The van der Waals surface area contributed by atoms with Crippen molar-refractivity contribution in [2.75, 3.05) is 13.1 Å². The molecule has 1 aromatic carbocycles. The number of carbonyl (C=O) groups excluding carboxylic acids is 2. The van der Waals surface area contributed by atoms with Crippen molar-refractivity contribution in [3.8, 4) is 11.1 Å². The third-order valence-corrected chi connectivity index (χ3v) is 6.26. The van der Waals surface area contributed by atoms with Crippen molar-refractivity contribution in [1.82, 2.24) is 20.1 Å². The first-order chi connectivity index (χ1) is 15.1. The van der Waals surface area contributed by atoms with Crippen LogP contribution in [0.3, 0.4) is 0 Å². The second-order valence-electron chi connectivity index (χ2n) is 9.54. The zero-order valence-electron chi connectivity index (χ0n) is 18.5. The highest BCUT2D eigenvalue weighted by molar-refractivity contribution is 5.94. The first-order valence-electron chi connectivity index (χ1n) is 10.8. The van der Waals surface area contributed by atoms with Crippen molar-refractivity contribution in [3.05, 3.63) is 54.4 Å². The van der Waals surface area contributed by atoms with Gasteiger partial charge in [0, 0.05) is 24.8 Å². The second-order valence-corrected chi connectivity index (χ2v) is 9.54. The molecule has 3 amide bonds. The number of fused-ring (bicyclic) bond motifs is 2. The van der Waals surface area contributed by atoms with Crippen LogP contribution in [0.5, 0.6) is 0 Å². The number of amides is 3. The summed E-state index contributed by atoms with van der Waals surface area (Å²) >= 11 is 0. The lowest BCUT2D eigenvalue weighted by molar-refractivity contribution is -0.138. The van der Waals surface area contributed by atoms with Crippen LogP contribution < -0.4 is 5.32 Å². The maximum atomic E-state index is 13.1. The van der Waals surface area contributed by atoms with E-state index in [0.29, 0.717) is 25.2 Å². The van der Waals surface area contributed by atoms with Gasteiger partial charge in [-0.2, -0.15) is 0 Å². The highest BCUT2D eigenvalue weighted by atomic mass is 16.4. The second kappa shape index (κ2) is 8.26. The Labute approximate surface area is 187 Å². The van der Waals surface area contributed by atoms with Crippen LogP contribution in [0.15, 0.2) is 48.7 Å². The summed E-state index contributed by atoms with van der Waals surface area (Å²) in [5, 5.41) is 11.5. The number of nitrogens with zero attached hydrogens (tertiary/aromatic N) is 3. The van der Waals surface area contributed by atoms with E-state index in [-0.39, 0.29) is 23.9 Å². The quantitative estimate of drug-likeness (QED) is 0.767. The Bertz CT molecular complexity index is 1020. The fourth-order valence-electron chi connectivity index (χ4n) is 4.59. The Morgan fingerprint density at radius 3 is 2.19 bits per heavy atom.